The smallest absolute Gasteiger partial charge is 0.0603 e. The van der Waals surface area contributed by atoms with Gasteiger partial charge in [-0.25, -0.2) is 0 Å². The lowest BCUT2D eigenvalue weighted by Gasteiger charge is -2.19. The van der Waals surface area contributed by atoms with E-state index >= 15 is 0 Å². The molecule has 0 aromatic carbocycles. The molecule has 1 unspecified atom stereocenters. The lowest BCUT2D eigenvalue weighted by molar-refractivity contribution is 0.0705. The first-order chi connectivity index (χ1) is 6.99. The Morgan fingerprint density at radius 3 is 2.73 bits per heavy atom. The van der Waals surface area contributed by atoms with Crippen molar-refractivity contribution >= 4 is 0 Å². The zero-order chi connectivity index (χ0) is 11.3. The van der Waals surface area contributed by atoms with Gasteiger partial charge in [-0.15, -0.1) is 0 Å². The summed E-state index contributed by atoms with van der Waals surface area (Å²) in [5.74, 6) is 0. The van der Waals surface area contributed by atoms with Crippen LogP contribution < -0.4 is 5.32 Å². The fraction of sp³-hybridized carbons (Fsp3) is 0.583. The average molecular weight is 208 g/mol. The molecular formula is C12H20N2O. The molecule has 0 fully saturated rings. The fourth-order valence-corrected chi connectivity index (χ4v) is 1.33. The molecular weight excluding hydrogens is 188 g/mol. The van der Waals surface area contributed by atoms with Crippen molar-refractivity contribution in [3.8, 4) is 0 Å². The molecule has 0 aliphatic heterocycles. The van der Waals surface area contributed by atoms with Gasteiger partial charge in [0.1, 0.15) is 0 Å². The van der Waals surface area contributed by atoms with Gasteiger partial charge >= 0.3 is 0 Å². The van der Waals surface area contributed by atoms with Gasteiger partial charge in [0.2, 0.25) is 0 Å². The maximum atomic E-state index is 9.55. The molecule has 0 aliphatic carbocycles. The van der Waals surface area contributed by atoms with Crippen molar-refractivity contribution < 1.29 is 5.11 Å². The van der Waals surface area contributed by atoms with E-state index in [0.717, 1.165) is 18.7 Å². The van der Waals surface area contributed by atoms with E-state index in [0.29, 0.717) is 0 Å². The Balaban J connectivity index is 2.34. The van der Waals surface area contributed by atoms with Crippen molar-refractivity contribution in [3.05, 3.63) is 30.1 Å². The van der Waals surface area contributed by atoms with Crippen LogP contribution in [-0.2, 0) is 0 Å². The van der Waals surface area contributed by atoms with Gasteiger partial charge in [-0.3, -0.25) is 4.98 Å². The number of hydrogen-bond donors (Lipinski definition) is 2. The highest BCUT2D eigenvalue weighted by Crippen LogP contribution is 2.10. The number of nitrogens with zero attached hydrogens (tertiary/aromatic N) is 1. The second-order valence-corrected chi connectivity index (χ2v) is 4.49. The normalized spacial score (nSPS) is 13.9. The second-order valence-electron chi connectivity index (χ2n) is 4.49. The Morgan fingerprint density at radius 2 is 2.20 bits per heavy atom. The third-order valence-electron chi connectivity index (χ3n) is 2.32. The zero-order valence-electron chi connectivity index (χ0n) is 9.70. The highest BCUT2D eigenvalue weighted by Gasteiger charge is 2.12. The Kier molecular flexibility index (Phi) is 4.24. The van der Waals surface area contributed by atoms with Gasteiger partial charge in [-0.05, 0) is 45.9 Å². The summed E-state index contributed by atoms with van der Waals surface area (Å²) < 4.78 is 0. The topological polar surface area (TPSA) is 45.1 Å². The van der Waals surface area contributed by atoms with Crippen LogP contribution in [0, 0.1) is 0 Å². The predicted octanol–water partition coefficient (Wildman–Crippen LogP) is 1.89. The number of rotatable bonds is 5. The number of hydrogen-bond acceptors (Lipinski definition) is 3. The Morgan fingerprint density at radius 1 is 1.47 bits per heavy atom. The summed E-state index contributed by atoms with van der Waals surface area (Å²) in [5, 5.41) is 12.9. The van der Waals surface area contributed by atoms with Crippen LogP contribution in [0.5, 0.6) is 0 Å². The van der Waals surface area contributed by atoms with Gasteiger partial charge in [-0.2, -0.15) is 0 Å². The van der Waals surface area contributed by atoms with Gasteiger partial charge in [0.15, 0.2) is 0 Å². The van der Waals surface area contributed by atoms with E-state index in [9.17, 15) is 5.11 Å². The highest BCUT2D eigenvalue weighted by atomic mass is 16.3. The molecule has 1 heterocycles. The van der Waals surface area contributed by atoms with E-state index in [-0.39, 0.29) is 6.04 Å². The fourth-order valence-electron chi connectivity index (χ4n) is 1.33. The quantitative estimate of drug-likeness (QED) is 0.776. The standard InChI is InChI=1S/C12H20N2O/c1-10(11-6-4-5-8-14-11)13-9-7-12(2,3)15/h4-6,8,10,13,15H,7,9H2,1-3H3. The largest absolute Gasteiger partial charge is 0.390 e. The molecule has 1 atom stereocenters. The van der Waals surface area contributed by atoms with Crippen LogP contribution in [0.1, 0.15) is 38.9 Å². The van der Waals surface area contributed by atoms with E-state index in [1.165, 1.54) is 0 Å². The lowest BCUT2D eigenvalue weighted by atomic mass is 10.1. The molecule has 84 valence electrons. The van der Waals surface area contributed by atoms with Crippen LogP contribution in [0.2, 0.25) is 0 Å². The molecule has 2 N–H and O–H groups in total. The summed E-state index contributed by atoms with van der Waals surface area (Å²) in [6.07, 6.45) is 2.54. The molecule has 3 heteroatoms. The second kappa shape index (κ2) is 5.24. The summed E-state index contributed by atoms with van der Waals surface area (Å²) in [7, 11) is 0. The van der Waals surface area contributed by atoms with Crippen molar-refractivity contribution in [2.45, 2.75) is 38.8 Å². The van der Waals surface area contributed by atoms with Crippen molar-refractivity contribution in [2.75, 3.05) is 6.54 Å². The first kappa shape index (κ1) is 12.1. The maximum Gasteiger partial charge on any atom is 0.0603 e. The van der Waals surface area contributed by atoms with Gasteiger partial charge in [0.25, 0.3) is 0 Å². The predicted molar refractivity (Wildman–Crippen MR) is 61.6 cm³/mol. The van der Waals surface area contributed by atoms with E-state index in [4.69, 9.17) is 0 Å². The number of pyridine rings is 1. The van der Waals surface area contributed by atoms with Gasteiger partial charge in [0, 0.05) is 12.2 Å². The number of aromatic nitrogens is 1. The van der Waals surface area contributed by atoms with E-state index in [1.54, 1.807) is 6.20 Å². The Labute approximate surface area is 91.5 Å². The average Bonchev–Trinajstić information content (AvgIpc) is 2.17. The minimum atomic E-state index is -0.600. The summed E-state index contributed by atoms with van der Waals surface area (Å²) in [5.41, 5.74) is 0.435. The summed E-state index contributed by atoms with van der Waals surface area (Å²) >= 11 is 0. The van der Waals surface area contributed by atoms with Gasteiger partial charge in [0.05, 0.1) is 11.3 Å². The summed E-state index contributed by atoms with van der Waals surface area (Å²) in [6.45, 7) is 6.51. The molecule has 1 aromatic rings. The lowest BCUT2D eigenvalue weighted by Crippen LogP contribution is -2.28. The molecule has 1 rings (SSSR count). The first-order valence-electron chi connectivity index (χ1n) is 5.36. The monoisotopic (exact) mass is 208 g/mol. The van der Waals surface area contributed by atoms with Crippen LogP contribution in [0.15, 0.2) is 24.4 Å². The molecule has 0 bridgehead atoms. The van der Waals surface area contributed by atoms with Crippen LogP contribution in [0.3, 0.4) is 0 Å². The molecule has 0 radical (unpaired) electrons. The van der Waals surface area contributed by atoms with Crippen molar-refractivity contribution in [1.29, 1.82) is 0 Å². The minimum absolute atomic E-state index is 0.230. The van der Waals surface area contributed by atoms with Crippen molar-refractivity contribution in [1.82, 2.24) is 10.3 Å². The van der Waals surface area contributed by atoms with Crippen LogP contribution in [0.4, 0.5) is 0 Å². The van der Waals surface area contributed by atoms with E-state index in [1.807, 2.05) is 32.0 Å². The van der Waals surface area contributed by atoms with Crippen molar-refractivity contribution in [3.63, 3.8) is 0 Å². The molecule has 0 saturated heterocycles. The number of nitrogens with one attached hydrogen (secondary N) is 1. The minimum Gasteiger partial charge on any atom is -0.390 e. The first-order valence-corrected chi connectivity index (χ1v) is 5.36. The zero-order valence-corrected chi connectivity index (χ0v) is 9.70. The molecule has 15 heavy (non-hydrogen) atoms. The summed E-state index contributed by atoms with van der Waals surface area (Å²) in [4.78, 5) is 4.27. The van der Waals surface area contributed by atoms with Gasteiger partial charge < -0.3 is 10.4 Å². The van der Waals surface area contributed by atoms with Crippen molar-refractivity contribution in [2.24, 2.45) is 0 Å². The van der Waals surface area contributed by atoms with E-state index in [2.05, 4.69) is 17.2 Å². The molecule has 0 amide bonds. The van der Waals surface area contributed by atoms with Gasteiger partial charge in [-0.1, -0.05) is 6.07 Å². The van der Waals surface area contributed by atoms with Crippen LogP contribution in [0.25, 0.3) is 0 Å². The SMILES string of the molecule is CC(NCCC(C)(C)O)c1ccccn1. The van der Waals surface area contributed by atoms with Crippen LogP contribution >= 0.6 is 0 Å². The van der Waals surface area contributed by atoms with E-state index < -0.39 is 5.60 Å². The molecule has 3 nitrogen and oxygen atoms in total. The number of aliphatic hydroxyl groups is 1. The third-order valence-corrected chi connectivity index (χ3v) is 2.32. The molecule has 1 aromatic heterocycles. The maximum absolute atomic E-state index is 9.55. The molecule has 0 spiro atoms. The Bertz CT molecular complexity index is 279. The summed E-state index contributed by atoms with van der Waals surface area (Å²) in [6, 6.07) is 6.12. The molecule has 0 saturated carbocycles. The molecule has 0 aliphatic rings. The van der Waals surface area contributed by atoms with Crippen LogP contribution in [-0.4, -0.2) is 22.2 Å². The third kappa shape index (κ3) is 4.91. The Hall–Kier alpha value is -0.930. The highest BCUT2D eigenvalue weighted by molar-refractivity contribution is 5.07.